The molecule has 3 aliphatic heterocycles. The Labute approximate surface area is 281 Å². The number of nitrogens with zero attached hydrogens (tertiary/aromatic N) is 3. The first-order valence-corrected chi connectivity index (χ1v) is 22.1. The SMILES string of the molecule is C=CCN(CCCC1(c2ccc(F)cc2)OCc2cc(C#N)ccc21)C(C=C)N(CC=C)C1(C=C)C[CH2][In]2[CH]=C1c1cccc[c]12. The van der Waals surface area contributed by atoms with Crippen molar-refractivity contribution in [2.24, 2.45) is 0 Å². The average Bonchev–Trinajstić information content (AvgIpc) is 3.61. The number of fused-ring (bicyclic) bond motifs is 5. The molecule has 3 heterocycles. The summed E-state index contributed by atoms with van der Waals surface area (Å²) in [5.41, 5.74) is 5.35. The van der Waals surface area contributed by atoms with Crippen molar-refractivity contribution < 1.29 is 9.13 Å². The van der Waals surface area contributed by atoms with Crippen LogP contribution >= 0.6 is 0 Å². The zero-order chi connectivity index (χ0) is 32.3. The van der Waals surface area contributed by atoms with Crippen LogP contribution in [0.25, 0.3) is 5.57 Å². The molecular formula is C40H41FInN3O. The fraction of sp³-hybridized carbons (Fsp3) is 0.275. The second-order valence-corrected chi connectivity index (χ2v) is 20.4. The van der Waals surface area contributed by atoms with Gasteiger partial charge in [0.1, 0.15) is 5.82 Å². The minimum absolute atomic E-state index is 0.0915. The maximum atomic E-state index is 14.0. The van der Waals surface area contributed by atoms with E-state index in [9.17, 15) is 9.65 Å². The second kappa shape index (κ2) is 13.7. The Morgan fingerprint density at radius 1 is 1.02 bits per heavy atom. The van der Waals surface area contributed by atoms with E-state index < -0.39 is 27.0 Å². The predicted octanol–water partition coefficient (Wildman–Crippen LogP) is 7.41. The van der Waals surface area contributed by atoms with E-state index in [1.807, 2.05) is 42.5 Å². The van der Waals surface area contributed by atoms with Crippen LogP contribution in [0.15, 0.2) is 121 Å². The molecule has 6 heteroatoms. The Balaban J connectivity index is 1.31. The van der Waals surface area contributed by atoms with Gasteiger partial charge < -0.3 is 0 Å². The fourth-order valence-electron chi connectivity index (χ4n) is 8.11. The Morgan fingerprint density at radius 2 is 1.80 bits per heavy atom. The minimum atomic E-state index is -1.95. The molecule has 4 nitrogen and oxygen atoms in total. The third-order valence-electron chi connectivity index (χ3n) is 10.2. The van der Waals surface area contributed by atoms with Gasteiger partial charge in [-0.2, -0.15) is 5.26 Å². The Morgan fingerprint density at radius 3 is 2.52 bits per heavy atom. The van der Waals surface area contributed by atoms with Gasteiger partial charge in [0.05, 0.1) is 11.6 Å². The molecule has 0 N–H and O–H groups in total. The quantitative estimate of drug-likeness (QED) is 0.129. The monoisotopic (exact) mass is 713 g/mol. The summed E-state index contributed by atoms with van der Waals surface area (Å²) in [5.74, 6) is -0.278. The van der Waals surface area contributed by atoms with Crippen LogP contribution in [-0.4, -0.2) is 62.6 Å². The first-order chi connectivity index (χ1) is 22.4. The summed E-state index contributed by atoms with van der Waals surface area (Å²) in [7, 11) is 0. The van der Waals surface area contributed by atoms with Gasteiger partial charge in [0.25, 0.3) is 0 Å². The number of halogens is 1. The molecule has 3 unspecified atom stereocenters. The average molecular weight is 714 g/mol. The van der Waals surface area contributed by atoms with E-state index in [1.54, 1.807) is 3.32 Å². The summed E-state index contributed by atoms with van der Waals surface area (Å²) in [6.07, 6.45) is 10.6. The number of hydrogen-bond acceptors (Lipinski definition) is 4. The molecule has 2 bridgehead atoms. The molecule has 0 aromatic heterocycles. The molecule has 0 aliphatic carbocycles. The summed E-state index contributed by atoms with van der Waals surface area (Å²) in [4.78, 5) is 4.96. The van der Waals surface area contributed by atoms with E-state index in [2.05, 4.69) is 82.4 Å². The van der Waals surface area contributed by atoms with Crippen molar-refractivity contribution in [3.8, 4) is 6.07 Å². The zero-order valence-electron chi connectivity index (χ0n) is 26.5. The molecule has 0 saturated carbocycles. The van der Waals surface area contributed by atoms with Gasteiger partial charge >= 0.3 is 231 Å². The molecule has 3 aliphatic rings. The standard InChI is InChI=1S/C40H41FN3O.In/c1-7-25-43(38(9-3)44(26-8-2)39(10-4,11-5)31(6)33-16-13-12-14-17-33)27-15-24-40(35-19-21-36(41)22-20-35)37-23-18-32(29-42)28-34(37)30-45-40;/h6-10,12-14,16,18-23,28,38H,1-5,11,15,24-27,30H2;. The van der Waals surface area contributed by atoms with Gasteiger partial charge in [-0.3, -0.25) is 0 Å². The van der Waals surface area contributed by atoms with Crippen molar-refractivity contribution in [3.05, 3.63) is 155 Å². The van der Waals surface area contributed by atoms with Crippen LogP contribution in [-0.2, 0) is 16.9 Å². The van der Waals surface area contributed by atoms with Gasteiger partial charge in [-0.1, -0.05) is 0 Å². The molecule has 6 rings (SSSR count). The molecule has 0 radical (unpaired) electrons. The van der Waals surface area contributed by atoms with Crippen molar-refractivity contribution in [3.63, 3.8) is 0 Å². The van der Waals surface area contributed by atoms with Crippen LogP contribution in [0.2, 0.25) is 4.18 Å². The van der Waals surface area contributed by atoms with E-state index in [0.717, 1.165) is 36.1 Å². The van der Waals surface area contributed by atoms with E-state index in [1.165, 1.54) is 27.4 Å². The van der Waals surface area contributed by atoms with Crippen LogP contribution in [0.5, 0.6) is 0 Å². The van der Waals surface area contributed by atoms with Crippen molar-refractivity contribution in [2.75, 3.05) is 19.6 Å². The topological polar surface area (TPSA) is 39.5 Å². The van der Waals surface area contributed by atoms with Crippen molar-refractivity contribution in [1.82, 2.24) is 9.80 Å². The molecule has 3 aromatic rings. The summed E-state index contributed by atoms with van der Waals surface area (Å²) in [5, 5.41) is 9.50. The number of ether oxygens (including phenoxy) is 1. The first-order valence-electron chi connectivity index (χ1n) is 16.2. The normalized spacial score (nSPS) is 21.7. The van der Waals surface area contributed by atoms with Crippen molar-refractivity contribution >= 4 is 30.3 Å². The predicted molar refractivity (Wildman–Crippen MR) is 187 cm³/mol. The van der Waals surface area contributed by atoms with Crippen LogP contribution in [0.1, 0.15) is 47.1 Å². The van der Waals surface area contributed by atoms with Crippen LogP contribution < -0.4 is 3.32 Å². The summed E-state index contributed by atoms with van der Waals surface area (Å²) < 4.78 is 26.2. The molecule has 46 heavy (non-hydrogen) atoms. The maximum absolute atomic E-state index is 14.0. The second-order valence-electron chi connectivity index (χ2n) is 12.5. The zero-order valence-corrected chi connectivity index (χ0v) is 29.8. The Hall–Kier alpha value is -3.47. The molecule has 0 spiro atoms. The Bertz CT molecular complexity index is 1720. The third-order valence-corrected chi connectivity index (χ3v) is 18.6. The summed E-state index contributed by atoms with van der Waals surface area (Å²) in [6, 6.07) is 23.7. The van der Waals surface area contributed by atoms with Gasteiger partial charge in [0.2, 0.25) is 0 Å². The van der Waals surface area contributed by atoms with Crippen LogP contribution in [0.3, 0.4) is 0 Å². The first kappa shape index (κ1) is 32.5. The molecule has 0 amide bonds. The van der Waals surface area contributed by atoms with Crippen molar-refractivity contribution in [1.29, 1.82) is 5.26 Å². The molecule has 3 aromatic carbocycles. The van der Waals surface area contributed by atoms with Gasteiger partial charge in [0.15, 0.2) is 0 Å². The molecular weight excluding hydrogens is 672 g/mol. The fourth-order valence-corrected chi connectivity index (χ4v) is 17.5. The molecule has 0 fully saturated rings. The molecule has 0 saturated heterocycles. The van der Waals surface area contributed by atoms with E-state index >= 15 is 0 Å². The number of benzene rings is 3. The van der Waals surface area contributed by atoms with Gasteiger partial charge in [-0.15, -0.1) is 0 Å². The van der Waals surface area contributed by atoms with Crippen LogP contribution in [0, 0.1) is 17.1 Å². The number of nitriles is 1. The summed E-state index contributed by atoms with van der Waals surface area (Å²) in [6.45, 7) is 19.6. The number of rotatable bonds is 14. The van der Waals surface area contributed by atoms with Crippen molar-refractivity contribution in [2.45, 2.75) is 47.4 Å². The summed E-state index contributed by atoms with van der Waals surface area (Å²) >= 11 is -1.95. The molecule has 232 valence electrons. The van der Waals surface area contributed by atoms with Gasteiger partial charge in [-0.25, -0.2) is 4.39 Å². The van der Waals surface area contributed by atoms with Gasteiger partial charge in [0, 0.05) is 0 Å². The third kappa shape index (κ3) is 5.58. The van der Waals surface area contributed by atoms with E-state index in [-0.39, 0.29) is 17.5 Å². The van der Waals surface area contributed by atoms with E-state index in [4.69, 9.17) is 4.74 Å². The Kier molecular flexibility index (Phi) is 9.68. The molecule has 3 atom stereocenters. The van der Waals surface area contributed by atoms with Crippen LogP contribution in [0.4, 0.5) is 4.39 Å². The number of hydrogen-bond donors (Lipinski definition) is 0. The van der Waals surface area contributed by atoms with E-state index in [0.29, 0.717) is 31.7 Å². The van der Waals surface area contributed by atoms with Gasteiger partial charge in [-0.05, 0) is 24.3 Å².